The molecule has 58 heavy (non-hydrogen) atoms. The van der Waals surface area contributed by atoms with E-state index in [0.29, 0.717) is 12.8 Å². The monoisotopic (exact) mass is 845 g/mol. The van der Waals surface area contributed by atoms with Crippen LogP contribution in [0.5, 0.6) is 0 Å². The molecule has 1 heterocycles. The highest BCUT2D eigenvalue weighted by Gasteiger charge is 2.46. The fraction of sp³-hybridized carbons (Fsp3) is 0.822. The van der Waals surface area contributed by atoms with Crippen LogP contribution in [0, 0.1) is 0 Å². The number of hydrogen-bond donors (Lipinski definition) is 4. The van der Waals surface area contributed by atoms with Crippen LogP contribution in [-0.2, 0) is 38.7 Å². The van der Waals surface area contributed by atoms with Crippen LogP contribution in [0.4, 0.5) is 0 Å². The Hall–Kier alpha value is -2.13. The second-order valence-electron chi connectivity index (χ2n) is 15.7. The SMILES string of the molecule is CCCCC/C=C/C/C=C/C/C=C/CCCCCCC(=O)O[C@H](COC(=O)CCCCCCCCCCCCCCC)CO[C@H]1O[C@H](CS(=O)(=O)O)[C@@H](O)C(O)C1O. The number of aliphatic hydroxyl groups excluding tert-OH is 3. The third-order valence-corrected chi connectivity index (χ3v) is 11.0. The second-order valence-corrected chi connectivity index (χ2v) is 17.2. The number of carbonyl (C=O) groups excluding carboxylic acids is 2. The van der Waals surface area contributed by atoms with Crippen LogP contribution in [-0.4, -0.2) is 96.0 Å². The zero-order valence-electron chi connectivity index (χ0n) is 35.9. The molecule has 12 nitrogen and oxygen atoms in total. The third kappa shape index (κ3) is 30.0. The quantitative estimate of drug-likeness (QED) is 0.0202. The average molecular weight is 845 g/mol. The summed E-state index contributed by atoms with van der Waals surface area (Å²) in [6.07, 6.45) is 30.4. The molecular formula is C45H80O12S. The Morgan fingerprint density at radius 2 is 1.03 bits per heavy atom. The summed E-state index contributed by atoms with van der Waals surface area (Å²) in [6, 6.07) is 0. The van der Waals surface area contributed by atoms with Gasteiger partial charge in [-0.2, -0.15) is 8.42 Å². The van der Waals surface area contributed by atoms with Gasteiger partial charge in [0.25, 0.3) is 10.1 Å². The van der Waals surface area contributed by atoms with Crippen molar-refractivity contribution in [3.8, 4) is 0 Å². The average Bonchev–Trinajstić information content (AvgIpc) is 3.18. The van der Waals surface area contributed by atoms with E-state index >= 15 is 0 Å². The van der Waals surface area contributed by atoms with Crippen molar-refractivity contribution in [3.05, 3.63) is 36.5 Å². The molecule has 13 heteroatoms. The highest BCUT2D eigenvalue weighted by Crippen LogP contribution is 2.24. The van der Waals surface area contributed by atoms with E-state index in [-0.39, 0.29) is 19.4 Å². The van der Waals surface area contributed by atoms with Gasteiger partial charge in [-0.3, -0.25) is 14.1 Å². The molecule has 0 aliphatic carbocycles. The van der Waals surface area contributed by atoms with Crippen molar-refractivity contribution in [1.82, 2.24) is 0 Å². The van der Waals surface area contributed by atoms with E-state index in [4.69, 9.17) is 18.9 Å². The number of carbonyl (C=O) groups is 2. The molecule has 0 spiro atoms. The van der Waals surface area contributed by atoms with Gasteiger partial charge in [-0.25, -0.2) is 0 Å². The Morgan fingerprint density at radius 1 is 0.586 bits per heavy atom. The van der Waals surface area contributed by atoms with Gasteiger partial charge in [0.2, 0.25) is 0 Å². The third-order valence-electron chi connectivity index (χ3n) is 10.2. The number of allylic oxidation sites excluding steroid dienone is 6. The van der Waals surface area contributed by atoms with Gasteiger partial charge >= 0.3 is 11.9 Å². The summed E-state index contributed by atoms with van der Waals surface area (Å²) in [6.45, 7) is 3.71. The van der Waals surface area contributed by atoms with Crippen LogP contribution in [0.15, 0.2) is 36.5 Å². The predicted octanol–water partition coefficient (Wildman–Crippen LogP) is 9.00. The van der Waals surface area contributed by atoms with Gasteiger partial charge in [0.05, 0.1) is 6.61 Å². The Bertz CT molecular complexity index is 1220. The summed E-state index contributed by atoms with van der Waals surface area (Å²) in [5.41, 5.74) is 0. The van der Waals surface area contributed by atoms with Crippen LogP contribution in [0.2, 0.25) is 0 Å². The molecule has 0 radical (unpaired) electrons. The van der Waals surface area contributed by atoms with E-state index in [2.05, 4.69) is 50.3 Å². The Kier molecular flexibility index (Phi) is 33.1. The van der Waals surface area contributed by atoms with E-state index < -0.39 is 71.2 Å². The maximum Gasteiger partial charge on any atom is 0.306 e. The van der Waals surface area contributed by atoms with Gasteiger partial charge in [0.1, 0.15) is 36.8 Å². The minimum absolute atomic E-state index is 0.140. The zero-order valence-corrected chi connectivity index (χ0v) is 36.7. The molecule has 0 aromatic carbocycles. The standard InChI is InChI=1S/C45H80O12S/c1-3-5-7-9-11-13-15-17-18-19-20-22-24-26-28-30-32-34-41(47)56-38(36-55-45-44(50)43(49)42(48)39(57-45)37-58(51,52)53)35-54-40(46)33-31-29-27-25-23-21-16-14-12-10-8-6-4-2/h11,13,17-18,20,22,38-39,42-45,48-50H,3-10,12,14-16,19,21,23-37H2,1-2H3,(H,51,52,53)/b13-11+,18-17+,22-20+/t38-,39-,42-,43?,44?,45+/m1/s1. The van der Waals surface area contributed by atoms with Gasteiger partial charge in [-0.05, 0) is 51.4 Å². The molecule has 1 fully saturated rings. The van der Waals surface area contributed by atoms with Crippen LogP contribution in [0.1, 0.15) is 181 Å². The van der Waals surface area contributed by atoms with Gasteiger partial charge < -0.3 is 34.3 Å². The molecule has 0 amide bonds. The molecule has 2 unspecified atom stereocenters. The van der Waals surface area contributed by atoms with Crippen molar-refractivity contribution in [2.45, 2.75) is 218 Å². The molecule has 1 rings (SSSR count). The summed E-state index contributed by atoms with van der Waals surface area (Å²) < 4.78 is 54.0. The highest BCUT2D eigenvalue weighted by molar-refractivity contribution is 7.85. The smallest absolute Gasteiger partial charge is 0.306 e. The zero-order chi connectivity index (χ0) is 42.7. The van der Waals surface area contributed by atoms with Crippen molar-refractivity contribution >= 4 is 22.1 Å². The molecule has 0 aromatic heterocycles. The minimum Gasteiger partial charge on any atom is -0.462 e. The lowest BCUT2D eigenvalue weighted by atomic mass is 10.00. The summed E-state index contributed by atoms with van der Waals surface area (Å²) >= 11 is 0. The van der Waals surface area contributed by atoms with E-state index in [1.807, 2.05) is 0 Å². The lowest BCUT2D eigenvalue weighted by Crippen LogP contribution is -2.60. The number of ether oxygens (including phenoxy) is 4. The van der Waals surface area contributed by atoms with Crippen LogP contribution >= 0.6 is 0 Å². The Labute approximate surface area is 351 Å². The summed E-state index contributed by atoms with van der Waals surface area (Å²) in [5.74, 6) is -2.01. The van der Waals surface area contributed by atoms with Crippen LogP contribution in [0.25, 0.3) is 0 Å². The number of aliphatic hydroxyl groups is 3. The maximum absolute atomic E-state index is 12.8. The van der Waals surface area contributed by atoms with E-state index in [0.717, 1.165) is 64.2 Å². The first kappa shape index (κ1) is 53.9. The van der Waals surface area contributed by atoms with Crippen LogP contribution in [0.3, 0.4) is 0 Å². The van der Waals surface area contributed by atoms with Crippen molar-refractivity contribution in [1.29, 1.82) is 0 Å². The maximum atomic E-state index is 12.8. The summed E-state index contributed by atoms with van der Waals surface area (Å²) in [4.78, 5) is 25.4. The largest absolute Gasteiger partial charge is 0.462 e. The molecular weight excluding hydrogens is 765 g/mol. The van der Waals surface area contributed by atoms with Crippen molar-refractivity contribution in [2.75, 3.05) is 19.0 Å². The number of rotatable bonds is 37. The first-order valence-corrected chi connectivity index (χ1v) is 24.2. The Morgan fingerprint density at radius 3 is 1.57 bits per heavy atom. The minimum atomic E-state index is -4.60. The predicted molar refractivity (Wildman–Crippen MR) is 229 cm³/mol. The molecule has 1 saturated heterocycles. The number of unbranched alkanes of at least 4 members (excludes halogenated alkanes) is 19. The fourth-order valence-corrected chi connectivity index (χ4v) is 7.37. The molecule has 1 aliphatic rings. The van der Waals surface area contributed by atoms with Gasteiger partial charge in [-0.1, -0.05) is 153 Å². The molecule has 4 N–H and O–H groups in total. The van der Waals surface area contributed by atoms with E-state index in [1.54, 1.807) is 0 Å². The molecule has 0 saturated carbocycles. The summed E-state index contributed by atoms with van der Waals surface area (Å²) in [5, 5.41) is 30.9. The Balaban J connectivity index is 2.47. The molecule has 0 aromatic rings. The lowest BCUT2D eigenvalue weighted by molar-refractivity contribution is -0.297. The molecule has 0 bridgehead atoms. The van der Waals surface area contributed by atoms with E-state index in [1.165, 1.54) is 77.0 Å². The second kappa shape index (κ2) is 35.6. The number of hydrogen-bond acceptors (Lipinski definition) is 11. The van der Waals surface area contributed by atoms with Crippen molar-refractivity contribution in [3.63, 3.8) is 0 Å². The number of esters is 2. The molecule has 338 valence electrons. The highest BCUT2D eigenvalue weighted by atomic mass is 32.2. The van der Waals surface area contributed by atoms with Gasteiger partial charge in [-0.15, -0.1) is 0 Å². The molecule has 6 atom stereocenters. The molecule has 1 aliphatic heterocycles. The first-order valence-electron chi connectivity index (χ1n) is 22.5. The van der Waals surface area contributed by atoms with Crippen molar-refractivity contribution < 1.29 is 56.8 Å². The van der Waals surface area contributed by atoms with Crippen molar-refractivity contribution in [2.24, 2.45) is 0 Å². The van der Waals surface area contributed by atoms with Gasteiger partial charge in [0.15, 0.2) is 12.4 Å². The lowest BCUT2D eigenvalue weighted by Gasteiger charge is -2.40. The normalized spacial score (nSPS) is 20.7. The summed E-state index contributed by atoms with van der Waals surface area (Å²) in [7, 11) is -4.60. The topological polar surface area (TPSA) is 186 Å². The van der Waals surface area contributed by atoms with Gasteiger partial charge in [0, 0.05) is 12.8 Å². The first-order chi connectivity index (χ1) is 28.0. The van der Waals surface area contributed by atoms with Crippen LogP contribution < -0.4 is 0 Å². The van der Waals surface area contributed by atoms with E-state index in [9.17, 15) is 37.9 Å². The fourth-order valence-electron chi connectivity index (χ4n) is 6.68.